The molecule has 0 spiro atoms. The molecule has 3 rings (SSSR count). The van der Waals surface area contributed by atoms with Gasteiger partial charge in [-0.15, -0.1) is 0 Å². The molecule has 0 radical (unpaired) electrons. The van der Waals surface area contributed by atoms with Crippen LogP contribution >= 0.6 is 0 Å². The summed E-state index contributed by atoms with van der Waals surface area (Å²) in [7, 11) is -0.364. The van der Waals surface area contributed by atoms with Crippen LogP contribution in [0.3, 0.4) is 0 Å². The van der Waals surface area contributed by atoms with Crippen LogP contribution in [0.2, 0.25) is 0 Å². The van der Waals surface area contributed by atoms with Gasteiger partial charge in [-0.25, -0.2) is 4.79 Å². The van der Waals surface area contributed by atoms with Crippen LogP contribution in [0.1, 0.15) is 34.8 Å². The summed E-state index contributed by atoms with van der Waals surface area (Å²) in [6.07, 6.45) is 6.23. The van der Waals surface area contributed by atoms with Crippen LogP contribution < -0.4 is 0 Å². The lowest BCUT2D eigenvalue weighted by Gasteiger charge is -2.33. The predicted molar refractivity (Wildman–Crippen MR) is 101 cm³/mol. The van der Waals surface area contributed by atoms with E-state index in [1.807, 2.05) is 12.1 Å². The van der Waals surface area contributed by atoms with Gasteiger partial charge in [0, 0.05) is 68.5 Å². The lowest BCUT2D eigenvalue weighted by atomic mass is 9.95. The van der Waals surface area contributed by atoms with Crippen molar-refractivity contribution in [2.45, 2.75) is 18.8 Å². The fraction of sp³-hybridized carbons (Fsp3) is 0.389. The molecule has 1 aliphatic rings. The minimum absolute atomic E-state index is 0.0333. The van der Waals surface area contributed by atoms with Crippen LogP contribution in [-0.2, 0) is 10.2 Å². The molecule has 8 nitrogen and oxygen atoms in total. The zero-order valence-corrected chi connectivity index (χ0v) is 16.1. The monoisotopic (exact) mass is 390 g/mol. The molecule has 2 aromatic heterocycles. The molecule has 0 unspecified atom stereocenters. The SMILES string of the molecule is CN(C)S(=O)(=O)N1CCC[C@H](c2ccc(-c3cncc(C(=O)O)c3)cn2)C1. The van der Waals surface area contributed by atoms with Crippen LogP contribution in [0, 0.1) is 0 Å². The summed E-state index contributed by atoms with van der Waals surface area (Å²) in [5.74, 6) is -0.996. The Morgan fingerprint density at radius 3 is 2.63 bits per heavy atom. The molecule has 1 fully saturated rings. The van der Waals surface area contributed by atoms with Gasteiger partial charge in [-0.05, 0) is 25.0 Å². The topological polar surface area (TPSA) is 104 Å². The van der Waals surface area contributed by atoms with Crippen LogP contribution in [0.25, 0.3) is 11.1 Å². The highest BCUT2D eigenvalue weighted by atomic mass is 32.2. The molecule has 0 saturated carbocycles. The summed E-state index contributed by atoms with van der Waals surface area (Å²) in [4.78, 5) is 19.6. The summed E-state index contributed by atoms with van der Waals surface area (Å²) < 4.78 is 27.5. The minimum atomic E-state index is -3.43. The standard InChI is InChI=1S/C18H22N4O4S/c1-21(2)27(25,26)22-7-3-4-14(12-22)17-6-5-13(11-20-17)15-8-16(18(23)24)10-19-9-15/h5-6,8-11,14H,3-4,7,12H2,1-2H3,(H,23,24)/t14-/m0/s1. The molecule has 3 heterocycles. The maximum atomic E-state index is 12.4. The Morgan fingerprint density at radius 2 is 2.00 bits per heavy atom. The third-order valence-corrected chi connectivity index (χ3v) is 6.60. The van der Waals surface area contributed by atoms with Crippen LogP contribution in [-0.4, -0.2) is 65.3 Å². The first-order valence-corrected chi connectivity index (χ1v) is 10.0. The zero-order chi connectivity index (χ0) is 19.6. The third-order valence-electron chi connectivity index (χ3n) is 4.70. The number of carbonyl (C=O) groups is 1. The Kier molecular flexibility index (Phi) is 5.54. The van der Waals surface area contributed by atoms with E-state index in [2.05, 4.69) is 9.97 Å². The molecule has 1 aliphatic heterocycles. The molecule has 0 bridgehead atoms. The summed E-state index contributed by atoms with van der Waals surface area (Å²) in [6.45, 7) is 0.922. The number of carboxylic acid groups (broad SMARTS) is 1. The molecule has 0 amide bonds. The van der Waals surface area contributed by atoms with E-state index in [9.17, 15) is 13.2 Å². The van der Waals surface area contributed by atoms with E-state index in [1.54, 1.807) is 18.5 Å². The van der Waals surface area contributed by atoms with Gasteiger partial charge in [-0.1, -0.05) is 6.07 Å². The van der Waals surface area contributed by atoms with Crippen molar-refractivity contribution < 1.29 is 18.3 Å². The smallest absolute Gasteiger partial charge is 0.337 e. The maximum absolute atomic E-state index is 12.4. The summed E-state index contributed by atoms with van der Waals surface area (Å²) >= 11 is 0. The van der Waals surface area contributed by atoms with E-state index in [0.717, 1.165) is 24.1 Å². The first-order chi connectivity index (χ1) is 12.8. The Bertz CT molecular complexity index is 929. The summed E-state index contributed by atoms with van der Waals surface area (Å²) in [5, 5.41) is 9.09. The van der Waals surface area contributed by atoms with Crippen LogP contribution in [0.4, 0.5) is 0 Å². The molecular formula is C18H22N4O4S. The van der Waals surface area contributed by atoms with Crippen molar-refractivity contribution in [3.8, 4) is 11.1 Å². The Hall–Kier alpha value is -2.36. The number of piperidine rings is 1. The van der Waals surface area contributed by atoms with E-state index in [0.29, 0.717) is 18.7 Å². The summed E-state index contributed by atoms with van der Waals surface area (Å²) in [5.41, 5.74) is 2.39. The first-order valence-electron chi connectivity index (χ1n) is 8.61. The van der Waals surface area contributed by atoms with Crippen molar-refractivity contribution in [3.05, 3.63) is 48.0 Å². The number of carboxylic acids is 1. The lowest BCUT2D eigenvalue weighted by Crippen LogP contribution is -2.45. The van der Waals surface area contributed by atoms with Crippen molar-refractivity contribution in [1.29, 1.82) is 0 Å². The molecule has 0 aliphatic carbocycles. The van der Waals surface area contributed by atoms with Gasteiger partial charge in [-0.2, -0.15) is 17.0 Å². The highest BCUT2D eigenvalue weighted by Gasteiger charge is 2.31. The maximum Gasteiger partial charge on any atom is 0.337 e. The number of hydrogen-bond donors (Lipinski definition) is 1. The fourth-order valence-corrected chi connectivity index (χ4v) is 4.35. The Morgan fingerprint density at radius 1 is 1.22 bits per heavy atom. The normalized spacial score (nSPS) is 18.6. The van der Waals surface area contributed by atoms with Crippen molar-refractivity contribution in [2.24, 2.45) is 0 Å². The number of hydrogen-bond acceptors (Lipinski definition) is 5. The van der Waals surface area contributed by atoms with E-state index in [4.69, 9.17) is 5.11 Å². The second kappa shape index (κ2) is 7.71. The highest BCUT2D eigenvalue weighted by molar-refractivity contribution is 7.86. The van der Waals surface area contributed by atoms with Gasteiger partial charge >= 0.3 is 5.97 Å². The van der Waals surface area contributed by atoms with E-state index < -0.39 is 16.2 Å². The number of aromatic nitrogens is 2. The third kappa shape index (κ3) is 4.15. The average Bonchev–Trinajstić information content (AvgIpc) is 2.68. The molecule has 0 aromatic carbocycles. The predicted octanol–water partition coefficient (Wildman–Crippen LogP) is 1.83. The summed E-state index contributed by atoms with van der Waals surface area (Å²) in [6, 6.07) is 5.29. The van der Waals surface area contributed by atoms with Crippen molar-refractivity contribution in [3.63, 3.8) is 0 Å². The van der Waals surface area contributed by atoms with Gasteiger partial charge < -0.3 is 5.11 Å². The lowest BCUT2D eigenvalue weighted by molar-refractivity contribution is 0.0696. The number of rotatable bonds is 5. The molecule has 144 valence electrons. The van der Waals surface area contributed by atoms with E-state index >= 15 is 0 Å². The molecule has 27 heavy (non-hydrogen) atoms. The van der Waals surface area contributed by atoms with Crippen LogP contribution in [0.15, 0.2) is 36.8 Å². The first kappa shape index (κ1) is 19.4. The van der Waals surface area contributed by atoms with E-state index in [1.165, 1.54) is 28.9 Å². The largest absolute Gasteiger partial charge is 0.478 e. The van der Waals surface area contributed by atoms with Gasteiger partial charge in [0.25, 0.3) is 10.2 Å². The van der Waals surface area contributed by atoms with E-state index in [-0.39, 0.29) is 11.5 Å². The number of aromatic carboxylic acids is 1. The molecule has 1 N–H and O–H groups in total. The van der Waals surface area contributed by atoms with Gasteiger partial charge in [0.15, 0.2) is 0 Å². The number of nitrogens with zero attached hydrogens (tertiary/aromatic N) is 4. The minimum Gasteiger partial charge on any atom is -0.478 e. The highest BCUT2D eigenvalue weighted by Crippen LogP contribution is 2.29. The molecule has 1 saturated heterocycles. The Labute approximate surface area is 158 Å². The van der Waals surface area contributed by atoms with Gasteiger partial charge in [0.05, 0.1) is 5.56 Å². The molecule has 2 aromatic rings. The molecular weight excluding hydrogens is 368 g/mol. The fourth-order valence-electron chi connectivity index (χ4n) is 3.16. The van der Waals surface area contributed by atoms with Crippen LogP contribution in [0.5, 0.6) is 0 Å². The second-order valence-electron chi connectivity index (χ2n) is 6.73. The second-order valence-corrected chi connectivity index (χ2v) is 8.87. The van der Waals surface area contributed by atoms with Crippen molar-refractivity contribution >= 4 is 16.2 Å². The average molecular weight is 390 g/mol. The van der Waals surface area contributed by atoms with Gasteiger partial charge in [-0.3, -0.25) is 9.97 Å². The quantitative estimate of drug-likeness (QED) is 0.835. The molecule has 9 heteroatoms. The van der Waals surface area contributed by atoms with Gasteiger partial charge in [0.1, 0.15) is 0 Å². The molecule has 1 atom stereocenters. The number of pyridine rings is 2. The Balaban J connectivity index is 1.79. The zero-order valence-electron chi connectivity index (χ0n) is 15.2. The van der Waals surface area contributed by atoms with Gasteiger partial charge in [0.2, 0.25) is 0 Å². The van der Waals surface area contributed by atoms with Crippen molar-refractivity contribution in [1.82, 2.24) is 18.6 Å². The van der Waals surface area contributed by atoms with Crippen molar-refractivity contribution in [2.75, 3.05) is 27.2 Å².